The van der Waals surface area contributed by atoms with Crippen molar-refractivity contribution in [2.75, 3.05) is 13.6 Å². The normalized spacial score (nSPS) is 19.6. The Labute approximate surface area is 134 Å². The first-order valence-corrected chi connectivity index (χ1v) is 8.30. The number of carbonyl (C=O) groups is 1. The van der Waals surface area contributed by atoms with E-state index in [2.05, 4.69) is 29.3 Å². The Morgan fingerprint density at radius 3 is 2.82 bits per heavy atom. The standard InChI is InChI=1S/C16H19N3O2S/c1-11(12-6-4-3-5-7-12)10-14-17-18-16(21-14)22-13-8-9-19(2)15(13)20/h3-7,11,13H,8-10H2,1-2H3. The SMILES string of the molecule is CC(Cc1nnc(SC2CCN(C)C2=O)o1)c1ccccc1. The summed E-state index contributed by atoms with van der Waals surface area (Å²) < 4.78 is 5.69. The highest BCUT2D eigenvalue weighted by Gasteiger charge is 2.31. The lowest BCUT2D eigenvalue weighted by Crippen LogP contribution is -2.23. The third-order valence-corrected chi connectivity index (χ3v) is 5.01. The van der Waals surface area contributed by atoms with Crippen molar-refractivity contribution in [2.24, 2.45) is 0 Å². The Hall–Kier alpha value is -1.82. The van der Waals surface area contributed by atoms with E-state index in [1.807, 2.05) is 25.2 Å². The molecular formula is C16H19N3O2S. The number of thioether (sulfide) groups is 1. The Balaban J connectivity index is 1.61. The molecule has 2 unspecified atom stereocenters. The van der Waals surface area contributed by atoms with Gasteiger partial charge in [-0.25, -0.2) is 0 Å². The molecule has 0 aliphatic carbocycles. The summed E-state index contributed by atoms with van der Waals surface area (Å²) >= 11 is 1.38. The van der Waals surface area contributed by atoms with Crippen molar-refractivity contribution in [2.45, 2.75) is 36.2 Å². The number of benzene rings is 1. The van der Waals surface area contributed by atoms with E-state index in [1.54, 1.807) is 4.90 Å². The molecule has 116 valence electrons. The van der Waals surface area contributed by atoms with Crippen molar-refractivity contribution >= 4 is 17.7 Å². The summed E-state index contributed by atoms with van der Waals surface area (Å²) in [6.07, 6.45) is 1.54. The van der Waals surface area contributed by atoms with Crippen LogP contribution in [0, 0.1) is 0 Å². The number of hydrogen-bond acceptors (Lipinski definition) is 5. The van der Waals surface area contributed by atoms with Crippen LogP contribution >= 0.6 is 11.8 Å². The number of nitrogens with zero attached hydrogens (tertiary/aromatic N) is 3. The number of carbonyl (C=O) groups excluding carboxylic acids is 1. The van der Waals surface area contributed by atoms with Crippen molar-refractivity contribution in [3.63, 3.8) is 0 Å². The Morgan fingerprint density at radius 1 is 1.36 bits per heavy atom. The lowest BCUT2D eigenvalue weighted by Gasteiger charge is -2.08. The second-order valence-electron chi connectivity index (χ2n) is 5.63. The molecule has 1 aliphatic heterocycles. The summed E-state index contributed by atoms with van der Waals surface area (Å²) in [6, 6.07) is 10.3. The van der Waals surface area contributed by atoms with Crippen LogP contribution in [0.25, 0.3) is 0 Å². The summed E-state index contributed by atoms with van der Waals surface area (Å²) in [6.45, 7) is 2.93. The summed E-state index contributed by atoms with van der Waals surface area (Å²) in [4.78, 5) is 13.6. The van der Waals surface area contributed by atoms with Gasteiger partial charge in [-0.1, -0.05) is 49.0 Å². The highest BCUT2D eigenvalue weighted by Crippen LogP contribution is 2.30. The van der Waals surface area contributed by atoms with E-state index in [0.29, 0.717) is 23.5 Å². The molecule has 0 saturated carbocycles. The largest absolute Gasteiger partial charge is 0.416 e. The van der Waals surface area contributed by atoms with Gasteiger partial charge in [-0.05, 0) is 17.9 Å². The molecule has 2 aromatic rings. The molecule has 5 nitrogen and oxygen atoms in total. The maximum Gasteiger partial charge on any atom is 0.277 e. The number of rotatable bonds is 5. The van der Waals surface area contributed by atoms with E-state index in [1.165, 1.54) is 17.3 Å². The summed E-state index contributed by atoms with van der Waals surface area (Å²) in [7, 11) is 1.82. The molecule has 0 N–H and O–H groups in total. The molecule has 6 heteroatoms. The predicted molar refractivity (Wildman–Crippen MR) is 84.8 cm³/mol. The number of likely N-dealkylation sites (tertiary alicyclic amines) is 1. The molecule has 1 aromatic carbocycles. The van der Waals surface area contributed by atoms with Crippen LogP contribution in [0.5, 0.6) is 0 Å². The second kappa shape index (κ2) is 6.52. The van der Waals surface area contributed by atoms with Gasteiger partial charge in [0.2, 0.25) is 11.8 Å². The number of amides is 1. The monoisotopic (exact) mass is 317 g/mol. The zero-order valence-electron chi connectivity index (χ0n) is 12.7. The Bertz CT molecular complexity index is 644. The van der Waals surface area contributed by atoms with Crippen LogP contribution in [0.4, 0.5) is 0 Å². The number of aromatic nitrogens is 2. The van der Waals surface area contributed by atoms with Gasteiger partial charge >= 0.3 is 0 Å². The Morgan fingerprint density at radius 2 is 2.14 bits per heavy atom. The maximum absolute atomic E-state index is 11.9. The third kappa shape index (κ3) is 3.32. The van der Waals surface area contributed by atoms with E-state index < -0.39 is 0 Å². The molecule has 1 aromatic heterocycles. The average molecular weight is 317 g/mol. The van der Waals surface area contributed by atoms with E-state index >= 15 is 0 Å². The van der Waals surface area contributed by atoms with Crippen LogP contribution < -0.4 is 0 Å². The lowest BCUT2D eigenvalue weighted by molar-refractivity contribution is -0.126. The van der Waals surface area contributed by atoms with E-state index in [9.17, 15) is 4.79 Å². The fraction of sp³-hybridized carbons (Fsp3) is 0.438. The summed E-state index contributed by atoms with van der Waals surface area (Å²) in [5.74, 6) is 1.08. The van der Waals surface area contributed by atoms with Crippen LogP contribution in [0.1, 0.15) is 30.7 Å². The zero-order chi connectivity index (χ0) is 15.5. The molecule has 1 aliphatic rings. The van der Waals surface area contributed by atoms with Crippen molar-refractivity contribution < 1.29 is 9.21 Å². The molecular weight excluding hydrogens is 298 g/mol. The first-order chi connectivity index (χ1) is 10.6. The van der Waals surface area contributed by atoms with Gasteiger partial charge in [0.05, 0.1) is 5.25 Å². The quantitative estimate of drug-likeness (QED) is 0.848. The summed E-state index contributed by atoms with van der Waals surface area (Å²) in [5.41, 5.74) is 1.25. The van der Waals surface area contributed by atoms with Gasteiger partial charge in [0.25, 0.3) is 5.22 Å². The smallest absolute Gasteiger partial charge is 0.277 e. The average Bonchev–Trinajstić information content (AvgIpc) is 3.10. The van der Waals surface area contributed by atoms with Gasteiger partial charge in [0.15, 0.2) is 0 Å². The minimum atomic E-state index is -0.0927. The van der Waals surface area contributed by atoms with Gasteiger partial charge in [-0.15, -0.1) is 10.2 Å². The molecule has 2 heterocycles. The maximum atomic E-state index is 11.9. The van der Waals surface area contributed by atoms with Gasteiger partial charge < -0.3 is 9.32 Å². The lowest BCUT2D eigenvalue weighted by atomic mass is 9.98. The highest BCUT2D eigenvalue weighted by molar-refractivity contribution is 8.00. The molecule has 1 amide bonds. The van der Waals surface area contributed by atoms with Crippen molar-refractivity contribution in [3.8, 4) is 0 Å². The molecule has 2 atom stereocenters. The second-order valence-corrected chi connectivity index (χ2v) is 6.79. The molecule has 1 fully saturated rings. The van der Waals surface area contributed by atoms with Crippen molar-refractivity contribution in [1.82, 2.24) is 15.1 Å². The van der Waals surface area contributed by atoms with Gasteiger partial charge in [-0.3, -0.25) is 4.79 Å². The minimum Gasteiger partial charge on any atom is -0.416 e. The molecule has 0 radical (unpaired) electrons. The minimum absolute atomic E-state index is 0.0927. The van der Waals surface area contributed by atoms with Crippen molar-refractivity contribution in [3.05, 3.63) is 41.8 Å². The zero-order valence-corrected chi connectivity index (χ0v) is 13.5. The van der Waals surface area contributed by atoms with E-state index in [4.69, 9.17) is 4.42 Å². The fourth-order valence-electron chi connectivity index (χ4n) is 2.55. The number of hydrogen-bond donors (Lipinski definition) is 0. The van der Waals surface area contributed by atoms with Crippen LogP contribution in [0.3, 0.4) is 0 Å². The highest BCUT2D eigenvalue weighted by atomic mass is 32.2. The van der Waals surface area contributed by atoms with Gasteiger partial charge in [0.1, 0.15) is 0 Å². The summed E-state index contributed by atoms with van der Waals surface area (Å²) in [5, 5.41) is 8.56. The van der Waals surface area contributed by atoms with Crippen LogP contribution in [0.2, 0.25) is 0 Å². The topological polar surface area (TPSA) is 59.2 Å². The predicted octanol–water partition coefficient (Wildman–Crippen LogP) is 2.74. The van der Waals surface area contributed by atoms with E-state index in [0.717, 1.165) is 13.0 Å². The molecule has 0 bridgehead atoms. The first kappa shape index (κ1) is 15.1. The van der Waals surface area contributed by atoms with Crippen LogP contribution in [-0.4, -0.2) is 39.8 Å². The van der Waals surface area contributed by atoms with Gasteiger partial charge in [0, 0.05) is 20.0 Å². The van der Waals surface area contributed by atoms with Crippen molar-refractivity contribution in [1.29, 1.82) is 0 Å². The van der Waals surface area contributed by atoms with E-state index in [-0.39, 0.29) is 11.2 Å². The van der Waals surface area contributed by atoms with Gasteiger partial charge in [-0.2, -0.15) is 0 Å². The van der Waals surface area contributed by atoms with Crippen LogP contribution in [-0.2, 0) is 11.2 Å². The Kier molecular flexibility index (Phi) is 4.47. The molecule has 1 saturated heterocycles. The molecule has 0 spiro atoms. The third-order valence-electron chi connectivity index (χ3n) is 3.92. The van der Waals surface area contributed by atoms with Crippen LogP contribution in [0.15, 0.2) is 40.0 Å². The molecule has 22 heavy (non-hydrogen) atoms. The fourth-order valence-corrected chi connectivity index (χ4v) is 3.53. The first-order valence-electron chi connectivity index (χ1n) is 7.42. The molecule has 3 rings (SSSR count).